The Kier molecular flexibility index (Phi) is 21.2. The van der Waals surface area contributed by atoms with E-state index in [4.69, 9.17) is 28.5 Å². The molecule has 0 saturated heterocycles. The number of hydrogen-bond donors (Lipinski definition) is 0. The van der Waals surface area contributed by atoms with E-state index in [1.54, 1.807) is 36.6 Å². The molecule has 3 rings (SSSR count). The van der Waals surface area contributed by atoms with Gasteiger partial charge in [0.05, 0.1) is 32.1 Å². The van der Waals surface area contributed by atoms with Gasteiger partial charge in [0.15, 0.2) is 0 Å². The second-order valence-electron chi connectivity index (χ2n) is 9.50. The van der Waals surface area contributed by atoms with E-state index in [0.29, 0.717) is 56.5 Å². The molecule has 0 aliphatic rings. The van der Waals surface area contributed by atoms with E-state index in [1.807, 2.05) is 55.3 Å². The summed E-state index contributed by atoms with van der Waals surface area (Å²) in [6.45, 7) is 10.4. The number of unbranched alkanes of at least 4 members (excludes halogenated alkanes) is 2. The van der Waals surface area contributed by atoms with E-state index in [0.717, 1.165) is 41.9 Å². The Hall–Kier alpha value is -5.19. The average molecular weight is 693 g/mol. The third-order valence-corrected chi connectivity index (χ3v) is 6.03. The normalized spacial score (nSPS) is 10.2. The molecular formula is C37H39NO9V. The van der Waals surface area contributed by atoms with Crippen LogP contribution in [0.25, 0.3) is 6.08 Å². The standard InChI is InChI=1S/C36H37NO8.CH2O.V/c1-3-34(38)43-25-7-5-23-41-31-16-9-28(10-17-31)13-22-36(40)45-33-20-14-30(15-21-33)37-27-29-11-18-32(19-12-29)42-24-6-8-26-44-35(39)4-2;1-2;/h3-4,9-22,27H,1-2,5-8,23-26H2;1H2;/b22-13+,37-27?;;. The van der Waals surface area contributed by atoms with E-state index < -0.39 is 17.9 Å². The number of rotatable bonds is 19. The first-order chi connectivity index (χ1) is 22.9. The predicted molar refractivity (Wildman–Crippen MR) is 180 cm³/mol. The summed E-state index contributed by atoms with van der Waals surface area (Å²) in [4.78, 5) is 46.7. The third-order valence-electron chi connectivity index (χ3n) is 6.03. The number of benzene rings is 3. The summed E-state index contributed by atoms with van der Waals surface area (Å²) in [5.74, 6) is 0.523. The van der Waals surface area contributed by atoms with Gasteiger partial charge in [-0.3, -0.25) is 4.99 Å². The summed E-state index contributed by atoms with van der Waals surface area (Å²) in [5, 5.41) is 0. The van der Waals surface area contributed by atoms with E-state index in [-0.39, 0.29) is 18.6 Å². The molecular weight excluding hydrogens is 653 g/mol. The van der Waals surface area contributed by atoms with Gasteiger partial charge < -0.3 is 28.5 Å². The molecule has 10 nitrogen and oxygen atoms in total. The smallest absolute Gasteiger partial charge is 0.336 e. The topological polar surface area (TPSA) is 127 Å². The monoisotopic (exact) mass is 692 g/mol. The van der Waals surface area contributed by atoms with E-state index in [9.17, 15) is 14.4 Å². The molecule has 0 unspecified atom stereocenters. The molecule has 0 aliphatic carbocycles. The molecule has 11 heteroatoms. The summed E-state index contributed by atoms with van der Waals surface area (Å²) in [6, 6.07) is 21.8. The van der Waals surface area contributed by atoms with Crippen molar-refractivity contribution in [1.29, 1.82) is 0 Å². The molecule has 0 aliphatic heterocycles. The van der Waals surface area contributed by atoms with Crippen molar-refractivity contribution in [2.24, 2.45) is 4.99 Å². The largest absolute Gasteiger partial charge is 0.494 e. The molecule has 0 atom stereocenters. The molecule has 0 fully saturated rings. The van der Waals surface area contributed by atoms with Crippen LogP contribution in [0.3, 0.4) is 0 Å². The first kappa shape index (κ1) is 40.8. The minimum atomic E-state index is -0.498. The van der Waals surface area contributed by atoms with Crippen LogP contribution in [0.4, 0.5) is 5.69 Å². The zero-order valence-corrected chi connectivity index (χ0v) is 28.1. The number of hydrogen-bond acceptors (Lipinski definition) is 10. The molecule has 0 spiro atoms. The summed E-state index contributed by atoms with van der Waals surface area (Å²) in [6.07, 6.45) is 9.98. The van der Waals surface area contributed by atoms with Crippen LogP contribution in [0.2, 0.25) is 0 Å². The SMILES string of the molecule is C=CC(=O)OCCCCOc1ccc(C=Nc2ccc(OC(=O)/C=C/c3ccc(OCCCCOC(=O)C=C)cc3)cc2)cc1.C=O.[V]. The van der Waals surface area contributed by atoms with Gasteiger partial charge in [0, 0.05) is 43.0 Å². The molecule has 3 aromatic carbocycles. The molecule has 0 heterocycles. The minimum absolute atomic E-state index is 0. The van der Waals surface area contributed by atoms with Crippen LogP contribution in [0.15, 0.2) is 109 Å². The second-order valence-corrected chi connectivity index (χ2v) is 9.50. The molecule has 251 valence electrons. The summed E-state index contributed by atoms with van der Waals surface area (Å²) >= 11 is 0. The van der Waals surface area contributed by atoms with Crippen LogP contribution in [0, 0.1) is 0 Å². The molecule has 0 aromatic heterocycles. The fourth-order valence-electron chi connectivity index (χ4n) is 3.64. The Labute approximate surface area is 293 Å². The molecule has 0 amide bonds. The summed E-state index contributed by atoms with van der Waals surface area (Å²) in [5.41, 5.74) is 2.44. The summed E-state index contributed by atoms with van der Waals surface area (Å²) < 4.78 is 26.6. The molecule has 3 aromatic rings. The van der Waals surface area contributed by atoms with Crippen molar-refractivity contribution in [3.05, 3.63) is 115 Å². The Balaban J connectivity index is 0.00000377. The number of aliphatic imine (C=N–C) groups is 1. The third kappa shape index (κ3) is 17.5. The van der Waals surface area contributed by atoms with Gasteiger partial charge in [-0.05, 0) is 104 Å². The maximum atomic E-state index is 12.3. The van der Waals surface area contributed by atoms with Gasteiger partial charge in [-0.1, -0.05) is 25.3 Å². The maximum Gasteiger partial charge on any atom is 0.336 e. The van der Waals surface area contributed by atoms with Crippen molar-refractivity contribution in [1.82, 2.24) is 0 Å². The van der Waals surface area contributed by atoms with Gasteiger partial charge in [-0.15, -0.1) is 0 Å². The zero-order chi connectivity index (χ0) is 34.1. The van der Waals surface area contributed by atoms with Gasteiger partial charge in [0.25, 0.3) is 0 Å². The predicted octanol–water partition coefficient (Wildman–Crippen LogP) is 6.65. The van der Waals surface area contributed by atoms with E-state index in [1.165, 1.54) is 6.08 Å². The van der Waals surface area contributed by atoms with Crippen LogP contribution in [0.1, 0.15) is 36.8 Å². The van der Waals surface area contributed by atoms with Crippen molar-refractivity contribution in [3.8, 4) is 17.2 Å². The molecule has 0 bridgehead atoms. The number of nitrogens with zero attached hydrogens (tertiary/aromatic N) is 1. The number of esters is 3. The first-order valence-corrected chi connectivity index (χ1v) is 14.8. The average Bonchev–Trinajstić information content (AvgIpc) is 3.11. The van der Waals surface area contributed by atoms with Gasteiger partial charge in [-0.25, -0.2) is 14.4 Å². The molecule has 0 saturated carbocycles. The van der Waals surface area contributed by atoms with Crippen LogP contribution in [0.5, 0.6) is 17.2 Å². The van der Waals surface area contributed by atoms with Gasteiger partial charge in [0.2, 0.25) is 0 Å². The fraction of sp³-hybridized carbons (Fsp3) is 0.216. The molecule has 48 heavy (non-hydrogen) atoms. The molecule has 0 N–H and O–H groups in total. The van der Waals surface area contributed by atoms with Gasteiger partial charge in [0.1, 0.15) is 24.0 Å². The van der Waals surface area contributed by atoms with Gasteiger partial charge in [-0.2, -0.15) is 0 Å². The summed E-state index contributed by atoms with van der Waals surface area (Å²) in [7, 11) is 0. The Morgan fingerprint density at radius 1 is 0.583 bits per heavy atom. The quantitative estimate of drug-likeness (QED) is 0.0447. The second kappa shape index (κ2) is 25.0. The first-order valence-electron chi connectivity index (χ1n) is 14.8. The van der Waals surface area contributed by atoms with E-state index in [2.05, 4.69) is 18.2 Å². The maximum absolute atomic E-state index is 12.3. The van der Waals surface area contributed by atoms with E-state index >= 15 is 0 Å². The van der Waals surface area contributed by atoms with Crippen LogP contribution >= 0.6 is 0 Å². The van der Waals surface area contributed by atoms with Crippen molar-refractivity contribution in [2.75, 3.05) is 26.4 Å². The number of carbonyl (C=O) groups is 4. The number of ether oxygens (including phenoxy) is 5. The van der Waals surface area contributed by atoms with Crippen LogP contribution in [-0.4, -0.2) is 57.3 Å². The van der Waals surface area contributed by atoms with Crippen molar-refractivity contribution < 1.29 is 61.4 Å². The Morgan fingerprint density at radius 2 is 1.02 bits per heavy atom. The van der Waals surface area contributed by atoms with Crippen molar-refractivity contribution >= 4 is 42.7 Å². The minimum Gasteiger partial charge on any atom is -0.494 e. The van der Waals surface area contributed by atoms with Gasteiger partial charge >= 0.3 is 17.9 Å². The molecule has 1 radical (unpaired) electrons. The fourth-order valence-corrected chi connectivity index (χ4v) is 3.64. The van der Waals surface area contributed by atoms with Crippen molar-refractivity contribution in [2.45, 2.75) is 25.7 Å². The van der Waals surface area contributed by atoms with Crippen LogP contribution in [-0.2, 0) is 47.2 Å². The zero-order valence-electron chi connectivity index (χ0n) is 26.7. The number of carbonyl (C=O) groups excluding carboxylic acids is 4. The van der Waals surface area contributed by atoms with Crippen molar-refractivity contribution in [3.63, 3.8) is 0 Å². The Bertz CT molecular complexity index is 1470. The Morgan fingerprint density at radius 3 is 1.50 bits per heavy atom. The van der Waals surface area contributed by atoms with Crippen LogP contribution < -0.4 is 14.2 Å².